The molecule has 1 atom stereocenters. The van der Waals surface area contributed by atoms with Crippen molar-refractivity contribution < 1.29 is 4.74 Å². The molecule has 186 valence electrons. The highest BCUT2D eigenvalue weighted by molar-refractivity contribution is 9.10. The molecule has 0 saturated heterocycles. The summed E-state index contributed by atoms with van der Waals surface area (Å²) in [7, 11) is 3.98. The Kier molecular flexibility index (Phi) is 7.89. The largest absolute Gasteiger partial charge is 0.488 e. The maximum Gasteiger partial charge on any atom is 0.282 e. The number of aromatic nitrogens is 2. The molecule has 0 aliphatic carbocycles. The van der Waals surface area contributed by atoms with Crippen molar-refractivity contribution in [2.24, 2.45) is 5.10 Å². The Morgan fingerprint density at radius 1 is 1.14 bits per heavy atom. The Morgan fingerprint density at radius 3 is 2.67 bits per heavy atom. The van der Waals surface area contributed by atoms with Gasteiger partial charge in [-0.05, 0) is 49.2 Å². The zero-order valence-corrected chi connectivity index (χ0v) is 22.9. The van der Waals surface area contributed by atoms with Gasteiger partial charge in [0.25, 0.3) is 5.56 Å². The molecule has 36 heavy (non-hydrogen) atoms. The van der Waals surface area contributed by atoms with Crippen LogP contribution < -0.4 is 15.2 Å². The van der Waals surface area contributed by atoms with Crippen molar-refractivity contribution >= 4 is 38.7 Å². The van der Waals surface area contributed by atoms with Gasteiger partial charge in [0.2, 0.25) is 0 Å². The fourth-order valence-corrected chi connectivity index (χ4v) is 4.26. The Labute approximate surface area is 220 Å². The normalized spacial score (nSPS) is 12.3. The molecule has 0 fully saturated rings. The molecular formula is C29H31BrN4O2. The molecule has 0 spiro atoms. The van der Waals surface area contributed by atoms with E-state index >= 15 is 0 Å². The first kappa shape index (κ1) is 25.6. The zero-order valence-electron chi connectivity index (χ0n) is 21.3. The molecule has 0 N–H and O–H groups in total. The lowest BCUT2D eigenvalue weighted by molar-refractivity contribution is 0.306. The van der Waals surface area contributed by atoms with Crippen LogP contribution in [0.4, 0.5) is 5.69 Å². The fraction of sp³-hybridized carbons (Fsp3) is 0.276. The molecule has 7 heteroatoms. The quantitative estimate of drug-likeness (QED) is 0.236. The lowest BCUT2D eigenvalue weighted by atomic mass is 10.1. The lowest BCUT2D eigenvalue weighted by Gasteiger charge is -2.17. The predicted octanol–water partition coefficient (Wildman–Crippen LogP) is 6.51. The van der Waals surface area contributed by atoms with E-state index in [-0.39, 0.29) is 11.5 Å². The van der Waals surface area contributed by atoms with Crippen molar-refractivity contribution in [2.45, 2.75) is 39.7 Å². The monoisotopic (exact) mass is 546 g/mol. The molecule has 1 heterocycles. The van der Waals surface area contributed by atoms with E-state index < -0.39 is 0 Å². The number of nitrogens with zero attached hydrogens (tertiary/aromatic N) is 4. The van der Waals surface area contributed by atoms with E-state index in [1.165, 1.54) is 10.2 Å². The van der Waals surface area contributed by atoms with Gasteiger partial charge in [-0.15, -0.1) is 0 Å². The van der Waals surface area contributed by atoms with Crippen molar-refractivity contribution in [3.63, 3.8) is 0 Å². The van der Waals surface area contributed by atoms with E-state index in [1.807, 2.05) is 61.5 Å². The molecule has 4 rings (SSSR count). The van der Waals surface area contributed by atoms with Crippen molar-refractivity contribution in [3.8, 4) is 5.75 Å². The lowest BCUT2D eigenvalue weighted by Crippen LogP contribution is -2.23. The number of hydrogen-bond donors (Lipinski definition) is 0. The number of benzene rings is 3. The van der Waals surface area contributed by atoms with Crippen LogP contribution in [0.15, 0.2) is 75.0 Å². The van der Waals surface area contributed by atoms with Gasteiger partial charge in [-0.1, -0.05) is 59.6 Å². The van der Waals surface area contributed by atoms with E-state index in [0.717, 1.165) is 27.7 Å². The summed E-state index contributed by atoms with van der Waals surface area (Å²) < 4.78 is 8.49. The van der Waals surface area contributed by atoms with Crippen LogP contribution in [-0.4, -0.2) is 30.0 Å². The first-order valence-corrected chi connectivity index (χ1v) is 12.8. The summed E-state index contributed by atoms with van der Waals surface area (Å²) in [5.41, 5.74) is 4.55. The fourth-order valence-electron chi connectivity index (χ4n) is 3.89. The van der Waals surface area contributed by atoms with Crippen LogP contribution in [0.25, 0.3) is 10.9 Å². The van der Waals surface area contributed by atoms with E-state index in [2.05, 4.69) is 53.9 Å². The van der Waals surface area contributed by atoms with Gasteiger partial charge in [0.05, 0.1) is 17.1 Å². The highest BCUT2D eigenvalue weighted by Crippen LogP contribution is 2.26. The summed E-state index contributed by atoms with van der Waals surface area (Å²) in [6, 6.07) is 19.8. The first-order chi connectivity index (χ1) is 17.3. The second kappa shape index (κ2) is 11.1. The Bertz CT molecular complexity index is 1480. The van der Waals surface area contributed by atoms with Crippen molar-refractivity contribution in [1.82, 2.24) is 9.66 Å². The standard InChI is InChI=1S/C29H31BrN4O2/c1-6-20(3)28-32-26-13-11-23(30)15-25(26)29(35)34(28)31-17-22-10-12-24(33(4)5)16-27(22)36-18-21-9-7-8-19(2)14-21/h7-17,20H,6,18H2,1-5H3/t20-/m0/s1. The molecule has 3 aromatic carbocycles. The third-order valence-electron chi connectivity index (χ3n) is 6.19. The predicted molar refractivity (Wildman–Crippen MR) is 152 cm³/mol. The molecule has 6 nitrogen and oxygen atoms in total. The topological polar surface area (TPSA) is 59.7 Å². The molecule has 1 aromatic heterocycles. The van der Waals surface area contributed by atoms with Gasteiger partial charge in [0.1, 0.15) is 18.2 Å². The summed E-state index contributed by atoms with van der Waals surface area (Å²) in [4.78, 5) is 20.3. The minimum Gasteiger partial charge on any atom is -0.488 e. The van der Waals surface area contributed by atoms with E-state index in [9.17, 15) is 4.79 Å². The van der Waals surface area contributed by atoms with Crippen LogP contribution in [0, 0.1) is 6.92 Å². The van der Waals surface area contributed by atoms with Crippen LogP contribution in [0.1, 0.15) is 48.7 Å². The number of ether oxygens (including phenoxy) is 1. The van der Waals surface area contributed by atoms with E-state index in [4.69, 9.17) is 9.72 Å². The van der Waals surface area contributed by atoms with Crippen LogP contribution >= 0.6 is 15.9 Å². The number of fused-ring (bicyclic) bond motifs is 1. The summed E-state index contributed by atoms with van der Waals surface area (Å²) in [6.45, 7) is 6.63. The van der Waals surface area contributed by atoms with Gasteiger partial charge < -0.3 is 9.64 Å². The van der Waals surface area contributed by atoms with Crippen molar-refractivity contribution in [2.75, 3.05) is 19.0 Å². The number of rotatable bonds is 8. The Hall–Kier alpha value is -3.45. The molecule has 0 aliphatic rings. The highest BCUT2D eigenvalue weighted by atomic mass is 79.9. The molecule has 4 aromatic rings. The second-order valence-electron chi connectivity index (χ2n) is 9.20. The Morgan fingerprint density at radius 2 is 1.94 bits per heavy atom. The van der Waals surface area contributed by atoms with Crippen LogP contribution in [-0.2, 0) is 6.61 Å². The first-order valence-electron chi connectivity index (χ1n) is 12.0. The molecule has 0 saturated carbocycles. The molecule has 0 unspecified atom stereocenters. The number of aryl methyl sites for hydroxylation is 1. The minimum atomic E-state index is -0.194. The van der Waals surface area contributed by atoms with Gasteiger partial charge >= 0.3 is 0 Å². The van der Waals surface area contributed by atoms with Gasteiger partial charge in [0.15, 0.2) is 0 Å². The molecule has 0 bridgehead atoms. The number of hydrogen-bond acceptors (Lipinski definition) is 5. The van der Waals surface area contributed by atoms with Gasteiger partial charge in [-0.3, -0.25) is 4.79 Å². The summed E-state index contributed by atoms with van der Waals surface area (Å²) >= 11 is 3.46. The zero-order chi connectivity index (χ0) is 25.8. The SMILES string of the molecule is CC[C@H](C)c1nc2ccc(Br)cc2c(=O)n1N=Cc1ccc(N(C)C)cc1OCc1cccc(C)c1. The smallest absolute Gasteiger partial charge is 0.282 e. The molecular weight excluding hydrogens is 516 g/mol. The van der Waals surface area contributed by atoms with Crippen LogP contribution in [0.5, 0.6) is 5.75 Å². The van der Waals surface area contributed by atoms with E-state index in [0.29, 0.717) is 29.1 Å². The minimum absolute atomic E-state index is 0.0658. The van der Waals surface area contributed by atoms with Gasteiger partial charge in [-0.2, -0.15) is 9.78 Å². The van der Waals surface area contributed by atoms with Crippen LogP contribution in [0.2, 0.25) is 0 Å². The van der Waals surface area contributed by atoms with E-state index in [1.54, 1.807) is 12.3 Å². The number of anilines is 1. The van der Waals surface area contributed by atoms with Gasteiger partial charge in [0, 0.05) is 41.8 Å². The third kappa shape index (κ3) is 5.68. The summed E-state index contributed by atoms with van der Waals surface area (Å²) in [5, 5.41) is 5.16. The average Bonchev–Trinajstić information content (AvgIpc) is 2.87. The maximum atomic E-state index is 13.5. The van der Waals surface area contributed by atoms with Crippen LogP contribution in [0.3, 0.4) is 0 Å². The molecule has 0 radical (unpaired) electrons. The maximum absolute atomic E-state index is 13.5. The van der Waals surface area contributed by atoms with Crippen molar-refractivity contribution in [1.29, 1.82) is 0 Å². The summed E-state index contributed by atoms with van der Waals surface area (Å²) in [6.07, 6.45) is 2.52. The third-order valence-corrected chi connectivity index (χ3v) is 6.68. The molecule has 0 amide bonds. The second-order valence-corrected chi connectivity index (χ2v) is 10.1. The summed E-state index contributed by atoms with van der Waals surface area (Å²) in [5.74, 6) is 1.40. The van der Waals surface area contributed by atoms with Crippen molar-refractivity contribution in [3.05, 3.63) is 98.0 Å². The highest BCUT2D eigenvalue weighted by Gasteiger charge is 2.16. The average molecular weight is 547 g/mol. The van der Waals surface area contributed by atoms with Gasteiger partial charge in [-0.25, -0.2) is 4.98 Å². The Balaban J connectivity index is 1.77. The molecule has 0 aliphatic heterocycles. The number of halogens is 1.